The standard InChI is InChI=1S/C22H27N5O/c1-16(14-24-18-12-8-5-9-13-18)27-20(23)19(15-25-27)21(28)26-22(2,3)17-10-6-4-7-11-17/h4-13,15-16,24H,14,23H2,1-3H3,(H,26,28). The summed E-state index contributed by atoms with van der Waals surface area (Å²) in [5.41, 5.74) is 8.16. The van der Waals surface area contributed by atoms with E-state index in [1.165, 1.54) is 6.20 Å². The Morgan fingerprint density at radius 2 is 1.71 bits per heavy atom. The van der Waals surface area contributed by atoms with Crippen molar-refractivity contribution in [2.24, 2.45) is 0 Å². The summed E-state index contributed by atoms with van der Waals surface area (Å²) >= 11 is 0. The molecule has 146 valence electrons. The minimum atomic E-state index is -0.520. The zero-order valence-electron chi connectivity index (χ0n) is 16.5. The SMILES string of the molecule is CC(CNc1ccccc1)n1ncc(C(=O)NC(C)(C)c2ccccc2)c1N. The molecule has 3 rings (SSSR count). The highest BCUT2D eigenvalue weighted by atomic mass is 16.1. The summed E-state index contributed by atoms with van der Waals surface area (Å²) in [6.07, 6.45) is 1.53. The largest absolute Gasteiger partial charge is 0.383 e. The summed E-state index contributed by atoms with van der Waals surface area (Å²) < 4.78 is 1.68. The first-order chi connectivity index (χ1) is 13.4. The number of nitrogens with one attached hydrogen (secondary N) is 2. The fraction of sp³-hybridized carbons (Fsp3) is 0.273. The Morgan fingerprint density at radius 3 is 2.36 bits per heavy atom. The van der Waals surface area contributed by atoms with Gasteiger partial charge in [-0.25, -0.2) is 4.68 Å². The third-order valence-corrected chi connectivity index (χ3v) is 4.79. The molecule has 1 heterocycles. The molecule has 0 radical (unpaired) electrons. The molecular weight excluding hydrogens is 350 g/mol. The monoisotopic (exact) mass is 377 g/mol. The number of amides is 1. The van der Waals surface area contributed by atoms with Gasteiger partial charge in [0.2, 0.25) is 0 Å². The number of rotatable bonds is 7. The van der Waals surface area contributed by atoms with Crippen LogP contribution in [0.5, 0.6) is 0 Å². The fourth-order valence-electron chi connectivity index (χ4n) is 3.08. The van der Waals surface area contributed by atoms with E-state index >= 15 is 0 Å². The van der Waals surface area contributed by atoms with Crippen LogP contribution in [0, 0.1) is 0 Å². The van der Waals surface area contributed by atoms with Crippen LogP contribution in [0.25, 0.3) is 0 Å². The lowest BCUT2D eigenvalue weighted by Crippen LogP contribution is -2.41. The van der Waals surface area contributed by atoms with Crippen LogP contribution in [0.15, 0.2) is 66.9 Å². The Balaban J connectivity index is 1.68. The molecule has 0 aliphatic carbocycles. The second kappa shape index (κ2) is 8.17. The third-order valence-electron chi connectivity index (χ3n) is 4.79. The topological polar surface area (TPSA) is 85.0 Å². The predicted octanol–water partition coefficient (Wildman–Crippen LogP) is 3.80. The van der Waals surface area contributed by atoms with Crippen molar-refractivity contribution >= 4 is 17.4 Å². The zero-order valence-corrected chi connectivity index (χ0v) is 16.5. The van der Waals surface area contributed by atoms with Gasteiger partial charge in [-0.3, -0.25) is 4.79 Å². The molecule has 1 aromatic heterocycles. The van der Waals surface area contributed by atoms with Crippen molar-refractivity contribution in [1.82, 2.24) is 15.1 Å². The minimum Gasteiger partial charge on any atom is -0.383 e. The van der Waals surface area contributed by atoms with Crippen LogP contribution in [0.4, 0.5) is 11.5 Å². The lowest BCUT2D eigenvalue weighted by Gasteiger charge is -2.26. The van der Waals surface area contributed by atoms with E-state index in [2.05, 4.69) is 15.7 Å². The van der Waals surface area contributed by atoms with Crippen LogP contribution in [0.3, 0.4) is 0 Å². The Labute approximate surface area is 165 Å². The molecule has 6 nitrogen and oxygen atoms in total. The lowest BCUT2D eigenvalue weighted by atomic mass is 9.94. The summed E-state index contributed by atoms with van der Waals surface area (Å²) in [7, 11) is 0. The van der Waals surface area contributed by atoms with E-state index in [1.807, 2.05) is 81.4 Å². The first kappa shape index (κ1) is 19.5. The van der Waals surface area contributed by atoms with Gasteiger partial charge < -0.3 is 16.4 Å². The van der Waals surface area contributed by atoms with E-state index in [4.69, 9.17) is 5.73 Å². The molecule has 1 atom stereocenters. The Morgan fingerprint density at radius 1 is 1.11 bits per heavy atom. The van der Waals surface area contributed by atoms with E-state index in [-0.39, 0.29) is 11.9 Å². The van der Waals surface area contributed by atoms with Crippen molar-refractivity contribution in [3.63, 3.8) is 0 Å². The molecule has 4 N–H and O–H groups in total. The Kier molecular flexibility index (Phi) is 5.68. The third kappa shape index (κ3) is 4.34. The Bertz CT molecular complexity index is 919. The number of nitrogen functional groups attached to an aromatic ring is 1. The maximum Gasteiger partial charge on any atom is 0.257 e. The van der Waals surface area contributed by atoms with Gasteiger partial charge in [0.05, 0.1) is 17.8 Å². The molecule has 0 saturated heterocycles. The second-order valence-electron chi connectivity index (χ2n) is 7.43. The molecule has 0 saturated carbocycles. The molecular formula is C22H27N5O. The highest BCUT2D eigenvalue weighted by molar-refractivity contribution is 5.98. The Hall–Kier alpha value is -3.28. The van der Waals surface area contributed by atoms with Crippen molar-refractivity contribution in [3.8, 4) is 0 Å². The van der Waals surface area contributed by atoms with E-state index in [0.717, 1.165) is 11.3 Å². The lowest BCUT2D eigenvalue weighted by molar-refractivity contribution is 0.0913. The molecule has 1 unspecified atom stereocenters. The fourth-order valence-corrected chi connectivity index (χ4v) is 3.08. The summed E-state index contributed by atoms with van der Waals surface area (Å²) in [5, 5.41) is 10.7. The van der Waals surface area contributed by atoms with E-state index < -0.39 is 5.54 Å². The van der Waals surface area contributed by atoms with Crippen LogP contribution in [-0.4, -0.2) is 22.2 Å². The van der Waals surface area contributed by atoms with Gasteiger partial charge >= 0.3 is 0 Å². The van der Waals surface area contributed by atoms with Crippen LogP contribution in [0.1, 0.15) is 42.7 Å². The second-order valence-corrected chi connectivity index (χ2v) is 7.43. The first-order valence-corrected chi connectivity index (χ1v) is 9.38. The number of benzene rings is 2. The van der Waals surface area contributed by atoms with Crippen LogP contribution >= 0.6 is 0 Å². The molecule has 0 spiro atoms. The molecule has 28 heavy (non-hydrogen) atoms. The predicted molar refractivity (Wildman–Crippen MR) is 113 cm³/mol. The first-order valence-electron chi connectivity index (χ1n) is 9.38. The number of para-hydroxylation sites is 1. The number of nitrogens with zero attached hydrogens (tertiary/aromatic N) is 2. The molecule has 0 aliphatic rings. The maximum atomic E-state index is 12.8. The number of carbonyl (C=O) groups is 1. The average molecular weight is 377 g/mol. The molecule has 0 aliphatic heterocycles. The summed E-state index contributed by atoms with van der Waals surface area (Å²) in [4.78, 5) is 12.8. The summed E-state index contributed by atoms with van der Waals surface area (Å²) in [6.45, 7) is 6.59. The van der Waals surface area contributed by atoms with Crippen LogP contribution in [0.2, 0.25) is 0 Å². The number of hydrogen-bond acceptors (Lipinski definition) is 4. The summed E-state index contributed by atoms with van der Waals surface area (Å²) in [5.74, 6) is 0.129. The van der Waals surface area contributed by atoms with Crippen molar-refractivity contribution in [2.45, 2.75) is 32.4 Å². The molecule has 2 aromatic carbocycles. The van der Waals surface area contributed by atoms with Crippen molar-refractivity contribution in [3.05, 3.63) is 78.0 Å². The quantitative estimate of drug-likeness (QED) is 0.585. The number of carbonyl (C=O) groups excluding carboxylic acids is 1. The molecule has 0 fully saturated rings. The average Bonchev–Trinajstić information content (AvgIpc) is 3.09. The van der Waals surface area contributed by atoms with Gasteiger partial charge in [0.1, 0.15) is 11.4 Å². The van der Waals surface area contributed by atoms with E-state index in [0.29, 0.717) is 17.9 Å². The van der Waals surface area contributed by atoms with E-state index in [1.54, 1.807) is 4.68 Å². The zero-order chi connectivity index (χ0) is 20.1. The van der Waals surface area contributed by atoms with Gasteiger partial charge in [-0.1, -0.05) is 48.5 Å². The van der Waals surface area contributed by atoms with Gasteiger partial charge in [-0.05, 0) is 38.5 Å². The minimum absolute atomic E-state index is 0.0103. The van der Waals surface area contributed by atoms with Crippen LogP contribution < -0.4 is 16.4 Å². The number of aromatic nitrogens is 2. The van der Waals surface area contributed by atoms with Gasteiger partial charge in [0, 0.05) is 12.2 Å². The summed E-state index contributed by atoms with van der Waals surface area (Å²) in [6, 6.07) is 19.8. The van der Waals surface area contributed by atoms with Gasteiger partial charge in [0.25, 0.3) is 5.91 Å². The van der Waals surface area contributed by atoms with Crippen LogP contribution in [-0.2, 0) is 5.54 Å². The number of nitrogens with two attached hydrogens (primary N) is 1. The smallest absolute Gasteiger partial charge is 0.257 e. The van der Waals surface area contributed by atoms with Crippen molar-refractivity contribution < 1.29 is 4.79 Å². The normalized spacial score (nSPS) is 12.4. The number of hydrogen-bond donors (Lipinski definition) is 3. The van der Waals surface area contributed by atoms with Gasteiger partial charge in [-0.15, -0.1) is 0 Å². The maximum absolute atomic E-state index is 12.8. The van der Waals surface area contributed by atoms with Gasteiger partial charge in [-0.2, -0.15) is 5.10 Å². The molecule has 1 amide bonds. The molecule has 3 aromatic rings. The van der Waals surface area contributed by atoms with Gasteiger partial charge in [0.15, 0.2) is 0 Å². The highest BCUT2D eigenvalue weighted by Gasteiger charge is 2.26. The highest BCUT2D eigenvalue weighted by Crippen LogP contribution is 2.22. The number of anilines is 2. The van der Waals surface area contributed by atoms with Crippen molar-refractivity contribution in [1.29, 1.82) is 0 Å². The molecule has 0 bridgehead atoms. The van der Waals surface area contributed by atoms with E-state index in [9.17, 15) is 4.79 Å². The molecule has 6 heteroatoms. The van der Waals surface area contributed by atoms with Crippen molar-refractivity contribution in [2.75, 3.05) is 17.6 Å².